The van der Waals surface area contributed by atoms with Crippen LogP contribution in [0.25, 0.3) is 0 Å². The minimum atomic E-state index is 0.582. The minimum Gasteiger partial charge on any atom is -0.402 e. The Morgan fingerprint density at radius 1 is 1.46 bits per heavy atom. The molecule has 0 unspecified atom stereocenters. The molecule has 0 atom stereocenters. The Morgan fingerprint density at radius 2 is 2.00 bits per heavy atom. The average Bonchev–Trinajstić information content (AvgIpc) is 2.03. The smallest absolute Gasteiger partial charge is 0.0418 e. The van der Waals surface area contributed by atoms with E-state index in [0.717, 1.165) is 24.5 Å². The van der Waals surface area contributed by atoms with Gasteiger partial charge in [-0.25, -0.2) is 0 Å². The molecule has 0 aliphatic carbocycles. The first-order valence-corrected chi connectivity index (χ1v) is 4.85. The van der Waals surface area contributed by atoms with Crippen LogP contribution in [0.1, 0.15) is 20.8 Å². The maximum Gasteiger partial charge on any atom is 0.0418 e. The standard InChI is InChI=1S/C8H15N3.C2H6/c1-6(9)3-8(10-2)7-4-11-5-7;1-2/h3,7,11H,4-5,9H2,1-2H3;1-2H3/b6-3-,10-8?;. The van der Waals surface area contributed by atoms with Crippen LogP contribution >= 0.6 is 0 Å². The lowest BCUT2D eigenvalue weighted by molar-refractivity contribution is 0.444. The molecular formula is C10H21N3. The highest BCUT2D eigenvalue weighted by molar-refractivity contribution is 5.98. The second kappa shape index (κ2) is 6.66. The molecule has 0 amide bonds. The molecule has 0 aromatic heterocycles. The molecule has 3 N–H and O–H groups in total. The maximum absolute atomic E-state index is 5.55. The summed E-state index contributed by atoms with van der Waals surface area (Å²) in [6, 6.07) is 0. The summed E-state index contributed by atoms with van der Waals surface area (Å²) < 4.78 is 0. The summed E-state index contributed by atoms with van der Waals surface area (Å²) in [5.41, 5.74) is 7.49. The van der Waals surface area contributed by atoms with Crippen LogP contribution in [0.15, 0.2) is 16.8 Å². The summed E-state index contributed by atoms with van der Waals surface area (Å²) in [6.07, 6.45) is 1.95. The van der Waals surface area contributed by atoms with E-state index in [1.807, 2.05) is 33.9 Å². The van der Waals surface area contributed by atoms with Crippen LogP contribution in [-0.4, -0.2) is 25.8 Å². The van der Waals surface area contributed by atoms with Crippen molar-refractivity contribution in [3.63, 3.8) is 0 Å². The van der Waals surface area contributed by atoms with Gasteiger partial charge in [0.15, 0.2) is 0 Å². The molecule has 1 aliphatic rings. The Bertz CT molecular complexity index is 186. The summed E-state index contributed by atoms with van der Waals surface area (Å²) in [6.45, 7) is 7.96. The monoisotopic (exact) mass is 183 g/mol. The molecule has 1 aliphatic heterocycles. The molecule has 1 rings (SSSR count). The van der Waals surface area contributed by atoms with Gasteiger partial charge < -0.3 is 11.1 Å². The zero-order valence-electron chi connectivity index (χ0n) is 9.09. The predicted octanol–water partition coefficient (Wildman–Crippen LogP) is 1.17. The van der Waals surface area contributed by atoms with E-state index in [2.05, 4.69) is 10.3 Å². The highest BCUT2D eigenvalue weighted by atomic mass is 15.0. The number of hydrogen-bond acceptors (Lipinski definition) is 3. The third kappa shape index (κ3) is 4.08. The molecule has 0 spiro atoms. The Balaban J connectivity index is 0.000000671. The van der Waals surface area contributed by atoms with Gasteiger partial charge in [0, 0.05) is 37.5 Å². The van der Waals surface area contributed by atoms with Crippen LogP contribution in [0, 0.1) is 5.92 Å². The Labute approximate surface area is 81.1 Å². The van der Waals surface area contributed by atoms with Gasteiger partial charge in [0.1, 0.15) is 0 Å². The van der Waals surface area contributed by atoms with Gasteiger partial charge in [-0.05, 0) is 13.0 Å². The Morgan fingerprint density at radius 3 is 2.23 bits per heavy atom. The summed E-state index contributed by atoms with van der Waals surface area (Å²) in [5.74, 6) is 0.582. The minimum absolute atomic E-state index is 0.582. The average molecular weight is 183 g/mol. The SMILES string of the molecule is CC.CN=C(/C=C(/C)N)C1CNC1. The van der Waals surface area contributed by atoms with Gasteiger partial charge in [-0.2, -0.15) is 0 Å². The van der Waals surface area contributed by atoms with Crippen molar-refractivity contribution in [1.29, 1.82) is 0 Å². The molecular weight excluding hydrogens is 162 g/mol. The molecule has 13 heavy (non-hydrogen) atoms. The first-order valence-electron chi connectivity index (χ1n) is 4.85. The molecule has 1 heterocycles. The number of hydrogen-bond donors (Lipinski definition) is 2. The molecule has 0 saturated carbocycles. The van der Waals surface area contributed by atoms with E-state index in [4.69, 9.17) is 5.73 Å². The zero-order valence-corrected chi connectivity index (χ0v) is 9.09. The summed E-state index contributed by atoms with van der Waals surface area (Å²) >= 11 is 0. The largest absolute Gasteiger partial charge is 0.402 e. The second-order valence-corrected chi connectivity index (χ2v) is 2.89. The van der Waals surface area contributed by atoms with E-state index >= 15 is 0 Å². The van der Waals surface area contributed by atoms with Crippen molar-refractivity contribution in [3.8, 4) is 0 Å². The van der Waals surface area contributed by atoms with Crippen molar-refractivity contribution in [3.05, 3.63) is 11.8 Å². The Kier molecular flexibility index (Phi) is 6.24. The number of nitrogens with two attached hydrogens (primary N) is 1. The van der Waals surface area contributed by atoms with Crippen molar-refractivity contribution < 1.29 is 0 Å². The second-order valence-electron chi connectivity index (χ2n) is 2.89. The number of allylic oxidation sites excluding steroid dienone is 2. The molecule has 0 bridgehead atoms. The fourth-order valence-electron chi connectivity index (χ4n) is 1.10. The molecule has 0 aromatic carbocycles. The molecule has 3 nitrogen and oxygen atoms in total. The highest BCUT2D eigenvalue weighted by Crippen LogP contribution is 2.07. The first kappa shape index (κ1) is 12.2. The van der Waals surface area contributed by atoms with Gasteiger partial charge in [0.05, 0.1) is 0 Å². The van der Waals surface area contributed by atoms with Crippen molar-refractivity contribution in [2.24, 2.45) is 16.6 Å². The summed E-state index contributed by atoms with van der Waals surface area (Å²) in [7, 11) is 1.81. The van der Waals surface area contributed by atoms with Crippen LogP contribution in [-0.2, 0) is 0 Å². The zero-order chi connectivity index (χ0) is 10.3. The van der Waals surface area contributed by atoms with Crippen LogP contribution in [0.5, 0.6) is 0 Å². The number of nitrogens with zero attached hydrogens (tertiary/aromatic N) is 1. The van der Waals surface area contributed by atoms with E-state index in [1.165, 1.54) is 0 Å². The van der Waals surface area contributed by atoms with Crippen molar-refractivity contribution in [2.45, 2.75) is 20.8 Å². The first-order chi connectivity index (χ1) is 6.24. The topological polar surface area (TPSA) is 50.4 Å². The quantitative estimate of drug-likeness (QED) is 0.631. The van der Waals surface area contributed by atoms with E-state index in [9.17, 15) is 0 Å². The van der Waals surface area contributed by atoms with Crippen LogP contribution in [0.2, 0.25) is 0 Å². The van der Waals surface area contributed by atoms with Gasteiger partial charge in [-0.15, -0.1) is 0 Å². The van der Waals surface area contributed by atoms with Gasteiger partial charge in [-0.3, -0.25) is 4.99 Å². The molecule has 0 radical (unpaired) electrons. The lowest BCUT2D eigenvalue weighted by Gasteiger charge is -2.27. The van der Waals surface area contributed by atoms with Gasteiger partial charge in [0.25, 0.3) is 0 Å². The molecule has 76 valence electrons. The van der Waals surface area contributed by atoms with Crippen molar-refractivity contribution in [2.75, 3.05) is 20.1 Å². The Hall–Kier alpha value is -0.830. The lowest BCUT2D eigenvalue weighted by atomic mass is 9.96. The molecule has 0 aromatic rings. The van der Waals surface area contributed by atoms with E-state index in [0.29, 0.717) is 5.92 Å². The summed E-state index contributed by atoms with van der Waals surface area (Å²) in [5, 5.41) is 3.20. The van der Waals surface area contributed by atoms with Gasteiger partial charge >= 0.3 is 0 Å². The third-order valence-corrected chi connectivity index (χ3v) is 1.83. The normalized spacial score (nSPS) is 18.8. The maximum atomic E-state index is 5.55. The van der Waals surface area contributed by atoms with Crippen LogP contribution < -0.4 is 11.1 Å². The number of nitrogens with one attached hydrogen (secondary N) is 1. The third-order valence-electron chi connectivity index (χ3n) is 1.83. The van der Waals surface area contributed by atoms with Crippen LogP contribution in [0.4, 0.5) is 0 Å². The van der Waals surface area contributed by atoms with E-state index in [-0.39, 0.29) is 0 Å². The van der Waals surface area contributed by atoms with Crippen molar-refractivity contribution >= 4 is 5.71 Å². The molecule has 3 heteroatoms. The highest BCUT2D eigenvalue weighted by Gasteiger charge is 2.20. The van der Waals surface area contributed by atoms with Crippen LogP contribution in [0.3, 0.4) is 0 Å². The fourth-order valence-corrected chi connectivity index (χ4v) is 1.10. The molecule has 1 saturated heterocycles. The van der Waals surface area contributed by atoms with Gasteiger partial charge in [-0.1, -0.05) is 13.8 Å². The van der Waals surface area contributed by atoms with E-state index in [1.54, 1.807) is 0 Å². The van der Waals surface area contributed by atoms with E-state index < -0.39 is 0 Å². The fraction of sp³-hybridized carbons (Fsp3) is 0.700. The number of aliphatic imine (C=N–C) groups is 1. The van der Waals surface area contributed by atoms with Crippen molar-refractivity contribution in [1.82, 2.24) is 5.32 Å². The number of rotatable bonds is 2. The summed E-state index contributed by atoms with van der Waals surface area (Å²) in [4.78, 5) is 4.17. The predicted molar refractivity (Wildman–Crippen MR) is 59.0 cm³/mol. The van der Waals surface area contributed by atoms with Gasteiger partial charge in [0.2, 0.25) is 0 Å². The molecule has 1 fully saturated rings. The lowest BCUT2D eigenvalue weighted by Crippen LogP contribution is -2.46.